The summed E-state index contributed by atoms with van der Waals surface area (Å²) in [5.74, 6) is -0.121. The normalized spacial score (nSPS) is 16.3. The molecular weight excluding hydrogens is 360 g/mol. The van der Waals surface area contributed by atoms with Gasteiger partial charge in [-0.3, -0.25) is 0 Å². The van der Waals surface area contributed by atoms with Gasteiger partial charge in [0.25, 0.3) is 0 Å². The van der Waals surface area contributed by atoms with Crippen molar-refractivity contribution >= 4 is 5.97 Å². The van der Waals surface area contributed by atoms with E-state index in [0.29, 0.717) is 12.5 Å². The molecule has 0 heterocycles. The lowest BCUT2D eigenvalue weighted by atomic mass is 9.94. The predicted octanol–water partition coefficient (Wildman–Crippen LogP) is 6.09. The number of hydrogen-bond donors (Lipinski definition) is 0. The van der Waals surface area contributed by atoms with Crippen LogP contribution in [0.2, 0.25) is 0 Å². The monoisotopic (exact) mass is 398 g/mol. The van der Waals surface area contributed by atoms with Gasteiger partial charge in [0.2, 0.25) is 0 Å². The van der Waals surface area contributed by atoms with E-state index in [9.17, 15) is 10.1 Å². The second-order valence-electron chi connectivity index (χ2n) is 8.29. The Kier molecular flexibility index (Phi) is 11.1. The van der Waals surface area contributed by atoms with E-state index in [1.54, 1.807) is 0 Å². The van der Waals surface area contributed by atoms with E-state index in [1.165, 1.54) is 0 Å². The lowest BCUT2D eigenvalue weighted by molar-refractivity contribution is -0.140. The van der Waals surface area contributed by atoms with Gasteiger partial charge in [-0.1, -0.05) is 57.4 Å². The fraction of sp³-hybridized carbons (Fsp3) is 0.600. The molecule has 1 aliphatic carbocycles. The number of rotatable bonds is 12. The van der Waals surface area contributed by atoms with Crippen molar-refractivity contribution < 1.29 is 9.53 Å². The van der Waals surface area contributed by atoms with Crippen LogP contribution in [0.1, 0.15) is 72.6 Å². The molecule has 0 saturated carbocycles. The van der Waals surface area contributed by atoms with Crippen LogP contribution in [0, 0.1) is 17.2 Å². The molecular formula is C25H38N2O2. The number of allylic oxidation sites excluding steroid dienone is 3. The topological polar surface area (TPSA) is 53.3 Å². The fourth-order valence-electron chi connectivity index (χ4n) is 3.57. The third-order valence-electron chi connectivity index (χ3n) is 5.18. The average Bonchev–Trinajstić information content (AvgIpc) is 2.67. The molecule has 0 aromatic rings. The maximum absolute atomic E-state index is 12.6. The zero-order valence-electron chi connectivity index (χ0n) is 18.9. The molecule has 1 aliphatic rings. The summed E-state index contributed by atoms with van der Waals surface area (Å²) in [6.07, 6.45) is 8.87. The minimum atomic E-state index is -0.485. The molecule has 0 radical (unpaired) electrons. The highest BCUT2D eigenvalue weighted by Crippen LogP contribution is 2.28. The molecule has 4 nitrogen and oxygen atoms in total. The highest BCUT2D eigenvalue weighted by atomic mass is 16.5. The van der Waals surface area contributed by atoms with Gasteiger partial charge in [-0.05, 0) is 57.1 Å². The largest absolute Gasteiger partial charge is 0.461 e. The molecule has 0 aromatic carbocycles. The molecule has 1 rings (SSSR count). The SMILES string of the molecule is C=C(C)CN(CC(=C)C)C1=C/C(=C(/C#N)C(=O)OCC(CC)CCCC)CCC1. The fourth-order valence-corrected chi connectivity index (χ4v) is 3.57. The van der Waals surface area contributed by atoms with Gasteiger partial charge in [0.05, 0.1) is 6.61 Å². The smallest absolute Gasteiger partial charge is 0.349 e. The molecule has 0 aliphatic heterocycles. The number of carbonyl (C=O) groups excluding carboxylic acids is 1. The lowest BCUT2D eigenvalue weighted by Crippen LogP contribution is -2.28. The molecule has 0 N–H and O–H groups in total. The lowest BCUT2D eigenvalue weighted by Gasteiger charge is -2.30. The summed E-state index contributed by atoms with van der Waals surface area (Å²) in [5.41, 5.74) is 4.21. The van der Waals surface area contributed by atoms with Crippen molar-refractivity contribution in [2.75, 3.05) is 19.7 Å². The second-order valence-corrected chi connectivity index (χ2v) is 8.29. The van der Waals surface area contributed by atoms with Gasteiger partial charge in [-0.2, -0.15) is 5.26 Å². The summed E-state index contributed by atoms with van der Waals surface area (Å²) in [7, 11) is 0. The predicted molar refractivity (Wildman–Crippen MR) is 120 cm³/mol. The average molecular weight is 399 g/mol. The summed E-state index contributed by atoms with van der Waals surface area (Å²) < 4.78 is 5.53. The van der Waals surface area contributed by atoms with Crippen molar-refractivity contribution in [1.29, 1.82) is 5.26 Å². The summed E-state index contributed by atoms with van der Waals surface area (Å²) in [6, 6.07) is 2.10. The number of ether oxygens (including phenoxy) is 1. The Hall–Kier alpha value is -2.28. The van der Waals surface area contributed by atoms with Gasteiger partial charge in [-0.25, -0.2) is 4.79 Å². The van der Waals surface area contributed by atoms with Crippen LogP contribution < -0.4 is 0 Å². The van der Waals surface area contributed by atoms with Gasteiger partial charge >= 0.3 is 5.97 Å². The Morgan fingerprint density at radius 1 is 1.24 bits per heavy atom. The number of esters is 1. The Bertz CT molecular complexity index is 678. The van der Waals surface area contributed by atoms with Crippen LogP contribution in [0.3, 0.4) is 0 Å². The third kappa shape index (κ3) is 8.73. The minimum absolute atomic E-state index is 0.151. The molecule has 0 bridgehead atoms. The van der Waals surface area contributed by atoms with Crippen LogP contribution in [0.4, 0.5) is 0 Å². The zero-order chi connectivity index (χ0) is 21.8. The first-order valence-electron chi connectivity index (χ1n) is 10.9. The minimum Gasteiger partial charge on any atom is -0.461 e. The van der Waals surface area contributed by atoms with Crippen molar-refractivity contribution in [3.63, 3.8) is 0 Å². The van der Waals surface area contributed by atoms with Gasteiger partial charge in [0.1, 0.15) is 11.6 Å². The van der Waals surface area contributed by atoms with Crippen LogP contribution in [0.5, 0.6) is 0 Å². The molecule has 160 valence electrons. The maximum atomic E-state index is 12.6. The second kappa shape index (κ2) is 13.0. The number of nitrogens with zero attached hydrogens (tertiary/aromatic N) is 2. The Labute approximate surface area is 177 Å². The third-order valence-corrected chi connectivity index (χ3v) is 5.18. The number of hydrogen-bond acceptors (Lipinski definition) is 4. The Morgan fingerprint density at radius 2 is 1.90 bits per heavy atom. The molecule has 1 atom stereocenters. The van der Waals surface area contributed by atoms with E-state index in [4.69, 9.17) is 4.74 Å². The molecule has 1 unspecified atom stereocenters. The van der Waals surface area contributed by atoms with E-state index in [1.807, 2.05) is 19.9 Å². The first kappa shape index (κ1) is 24.8. The number of carbonyl (C=O) groups is 1. The van der Waals surface area contributed by atoms with E-state index in [2.05, 4.69) is 38.0 Å². The van der Waals surface area contributed by atoms with E-state index < -0.39 is 5.97 Å². The quantitative estimate of drug-likeness (QED) is 0.173. The van der Waals surface area contributed by atoms with Gasteiger partial charge < -0.3 is 9.64 Å². The van der Waals surface area contributed by atoms with Crippen molar-refractivity contribution in [2.45, 2.75) is 72.6 Å². The standard InChI is InChI=1S/C25H38N2O2/c1-7-9-11-21(8-2)18-29-25(28)24(15-26)22-12-10-13-23(14-22)27(16-19(3)4)17-20(5)6/h14,21H,3,5,7-13,16-18H2,1-2,4,6H3/b24-22-. The number of unbranched alkanes of at least 4 members (excludes halogenated alkanes) is 1. The van der Waals surface area contributed by atoms with Crippen LogP contribution in [0.15, 0.2) is 47.2 Å². The molecule has 0 aromatic heterocycles. The molecule has 0 amide bonds. The van der Waals surface area contributed by atoms with Crippen molar-refractivity contribution in [3.8, 4) is 6.07 Å². The Balaban J connectivity index is 3.00. The highest BCUT2D eigenvalue weighted by molar-refractivity contribution is 5.94. The van der Waals surface area contributed by atoms with E-state index in [-0.39, 0.29) is 5.57 Å². The number of nitriles is 1. The van der Waals surface area contributed by atoms with Gasteiger partial charge in [-0.15, -0.1) is 0 Å². The molecule has 0 fully saturated rings. The summed E-state index contributed by atoms with van der Waals surface area (Å²) in [4.78, 5) is 14.9. The van der Waals surface area contributed by atoms with Crippen molar-refractivity contribution in [2.24, 2.45) is 5.92 Å². The summed E-state index contributed by atoms with van der Waals surface area (Å²) in [6.45, 7) is 18.2. The molecule has 0 saturated heterocycles. The molecule has 0 spiro atoms. The van der Waals surface area contributed by atoms with Crippen LogP contribution in [-0.2, 0) is 9.53 Å². The highest BCUT2D eigenvalue weighted by Gasteiger charge is 2.22. The van der Waals surface area contributed by atoms with E-state index in [0.717, 1.165) is 80.5 Å². The van der Waals surface area contributed by atoms with E-state index >= 15 is 0 Å². The van der Waals surface area contributed by atoms with Gasteiger partial charge in [0.15, 0.2) is 0 Å². The van der Waals surface area contributed by atoms with Crippen molar-refractivity contribution in [1.82, 2.24) is 4.90 Å². The summed E-state index contributed by atoms with van der Waals surface area (Å²) in [5, 5.41) is 9.65. The van der Waals surface area contributed by atoms with Gasteiger partial charge in [0, 0.05) is 18.8 Å². The molecule has 4 heteroatoms. The van der Waals surface area contributed by atoms with Crippen LogP contribution in [-0.4, -0.2) is 30.6 Å². The zero-order valence-corrected chi connectivity index (χ0v) is 18.9. The van der Waals surface area contributed by atoms with Crippen molar-refractivity contribution in [3.05, 3.63) is 47.2 Å². The molecule has 29 heavy (non-hydrogen) atoms. The first-order chi connectivity index (χ1) is 13.8. The van der Waals surface area contributed by atoms with Crippen LogP contribution >= 0.6 is 0 Å². The summed E-state index contributed by atoms with van der Waals surface area (Å²) >= 11 is 0. The first-order valence-corrected chi connectivity index (χ1v) is 10.9. The maximum Gasteiger partial charge on any atom is 0.349 e. The van der Waals surface area contributed by atoms with Crippen LogP contribution in [0.25, 0.3) is 0 Å². The Morgan fingerprint density at radius 3 is 2.41 bits per heavy atom.